The highest BCUT2D eigenvalue weighted by atomic mass is 32.2. The third-order valence-electron chi connectivity index (χ3n) is 5.32. The van der Waals surface area contributed by atoms with E-state index in [9.17, 15) is 0 Å². The minimum absolute atomic E-state index is 1.33. The van der Waals surface area contributed by atoms with Crippen molar-refractivity contribution in [1.82, 2.24) is 0 Å². The molecule has 0 spiro atoms. The molecule has 2 heteroatoms. The van der Waals surface area contributed by atoms with Gasteiger partial charge in [-0.15, -0.1) is 0 Å². The first kappa shape index (κ1) is 16.3. The van der Waals surface area contributed by atoms with Crippen LogP contribution < -0.4 is 0 Å². The fourth-order valence-electron chi connectivity index (χ4n) is 4.11. The van der Waals surface area contributed by atoms with Gasteiger partial charge >= 0.3 is 0 Å². The maximum atomic E-state index is 2.27. The molecule has 0 atom stereocenters. The van der Waals surface area contributed by atoms with Gasteiger partial charge in [0.2, 0.25) is 0 Å². The van der Waals surface area contributed by atoms with Crippen molar-refractivity contribution in [1.29, 1.82) is 0 Å². The molecule has 0 unspecified atom stereocenters. The molecule has 4 aromatic rings. The second kappa shape index (κ2) is 6.44. The lowest BCUT2D eigenvalue weighted by atomic mass is 9.85. The van der Waals surface area contributed by atoms with E-state index in [1.165, 1.54) is 53.0 Å². The standard InChI is InChI=1S/C26H16S2/c1-5-13-21-17(9-1)25(18-10-2-6-14-22(18)27-21)26-19-11-3-7-15-23(19)28-24-16-8-4-12-20(24)26/h1-16H. The van der Waals surface area contributed by atoms with Crippen molar-refractivity contribution in [2.24, 2.45) is 0 Å². The Morgan fingerprint density at radius 3 is 0.857 bits per heavy atom. The zero-order valence-electron chi connectivity index (χ0n) is 15.1. The Labute approximate surface area is 173 Å². The van der Waals surface area contributed by atoms with Gasteiger partial charge in [0, 0.05) is 19.6 Å². The van der Waals surface area contributed by atoms with Crippen LogP contribution in [-0.4, -0.2) is 0 Å². The smallest absolute Gasteiger partial charge is 0.0201 e. The van der Waals surface area contributed by atoms with Gasteiger partial charge in [-0.1, -0.05) is 96.3 Å². The second-order valence-electron chi connectivity index (χ2n) is 6.94. The van der Waals surface area contributed by atoms with Gasteiger partial charge in [0.15, 0.2) is 0 Å². The molecule has 132 valence electrons. The largest absolute Gasteiger partial charge is 0.0888 e. The van der Waals surface area contributed by atoms with Crippen molar-refractivity contribution in [2.75, 3.05) is 0 Å². The summed E-state index contributed by atoms with van der Waals surface area (Å²) in [5, 5.41) is 0. The molecule has 2 aliphatic heterocycles. The summed E-state index contributed by atoms with van der Waals surface area (Å²) in [4.78, 5) is 5.32. The van der Waals surface area contributed by atoms with Crippen LogP contribution in [0.3, 0.4) is 0 Å². The quantitative estimate of drug-likeness (QED) is 0.261. The number of hydrogen-bond donors (Lipinski definition) is 0. The van der Waals surface area contributed by atoms with Crippen molar-refractivity contribution >= 4 is 34.7 Å². The van der Waals surface area contributed by atoms with Crippen molar-refractivity contribution in [3.63, 3.8) is 0 Å². The Hall–Kier alpha value is -2.68. The monoisotopic (exact) mass is 392 g/mol. The maximum absolute atomic E-state index is 2.27. The Morgan fingerprint density at radius 1 is 0.321 bits per heavy atom. The van der Waals surface area contributed by atoms with Gasteiger partial charge in [0.05, 0.1) is 0 Å². The third kappa shape index (κ3) is 2.42. The van der Waals surface area contributed by atoms with Gasteiger partial charge < -0.3 is 0 Å². The molecule has 0 radical (unpaired) electrons. The summed E-state index contributed by atoms with van der Waals surface area (Å²) in [5.74, 6) is 0. The zero-order valence-corrected chi connectivity index (χ0v) is 16.7. The average Bonchev–Trinajstić information content (AvgIpc) is 2.76. The normalized spacial score (nSPS) is 14.0. The number of fused-ring (bicyclic) bond motifs is 4. The Kier molecular flexibility index (Phi) is 3.75. The van der Waals surface area contributed by atoms with E-state index in [1.807, 2.05) is 23.5 Å². The van der Waals surface area contributed by atoms with Gasteiger partial charge in [-0.25, -0.2) is 0 Å². The Bertz CT molecular complexity index is 1070. The molecule has 0 N–H and O–H groups in total. The van der Waals surface area contributed by atoms with Crippen LogP contribution in [0, 0.1) is 0 Å². The van der Waals surface area contributed by atoms with Gasteiger partial charge in [-0.05, 0) is 57.7 Å². The minimum Gasteiger partial charge on any atom is -0.0888 e. The van der Waals surface area contributed by atoms with E-state index in [2.05, 4.69) is 97.1 Å². The van der Waals surface area contributed by atoms with Crippen molar-refractivity contribution in [3.8, 4) is 0 Å². The summed E-state index contributed by atoms with van der Waals surface area (Å²) in [6, 6.07) is 35.2. The summed E-state index contributed by atoms with van der Waals surface area (Å²) < 4.78 is 0. The Balaban J connectivity index is 1.80. The summed E-state index contributed by atoms with van der Waals surface area (Å²) in [7, 11) is 0. The average molecular weight is 393 g/mol. The van der Waals surface area contributed by atoms with Crippen LogP contribution in [0.25, 0.3) is 11.1 Å². The fourth-order valence-corrected chi connectivity index (χ4v) is 6.29. The van der Waals surface area contributed by atoms with E-state index in [4.69, 9.17) is 0 Å². The van der Waals surface area contributed by atoms with Crippen molar-refractivity contribution in [3.05, 3.63) is 119 Å². The van der Waals surface area contributed by atoms with Crippen LogP contribution in [0.15, 0.2) is 117 Å². The van der Waals surface area contributed by atoms with Crippen LogP contribution in [-0.2, 0) is 0 Å². The van der Waals surface area contributed by atoms with Crippen molar-refractivity contribution in [2.45, 2.75) is 19.6 Å². The van der Waals surface area contributed by atoms with Crippen LogP contribution in [0.4, 0.5) is 0 Å². The molecule has 0 nitrogen and oxygen atoms in total. The van der Waals surface area contributed by atoms with Gasteiger partial charge in [-0.3, -0.25) is 0 Å². The molecule has 0 saturated carbocycles. The minimum atomic E-state index is 1.33. The Morgan fingerprint density at radius 2 is 0.571 bits per heavy atom. The SMILES string of the molecule is c1ccc2c(c1)Sc1ccccc1C2=C1c2ccccc2Sc2ccccc21. The highest BCUT2D eigenvalue weighted by Crippen LogP contribution is 2.53. The maximum Gasteiger partial charge on any atom is 0.0201 e. The fraction of sp³-hybridized carbons (Fsp3) is 0. The van der Waals surface area contributed by atoms with E-state index < -0.39 is 0 Å². The number of rotatable bonds is 0. The molecule has 0 amide bonds. The van der Waals surface area contributed by atoms with E-state index in [-0.39, 0.29) is 0 Å². The van der Waals surface area contributed by atoms with Gasteiger partial charge in [0.1, 0.15) is 0 Å². The van der Waals surface area contributed by atoms with Crippen LogP contribution in [0.2, 0.25) is 0 Å². The molecular formula is C26H16S2. The topological polar surface area (TPSA) is 0 Å². The third-order valence-corrected chi connectivity index (χ3v) is 7.62. The number of benzene rings is 4. The first-order valence-corrected chi connectivity index (χ1v) is 11.0. The predicted octanol–water partition coefficient (Wildman–Crippen LogP) is 7.62. The van der Waals surface area contributed by atoms with E-state index in [0.29, 0.717) is 0 Å². The lowest BCUT2D eigenvalue weighted by Gasteiger charge is -2.29. The highest BCUT2D eigenvalue weighted by Gasteiger charge is 2.29. The molecule has 6 rings (SSSR count). The van der Waals surface area contributed by atoms with E-state index in [0.717, 1.165) is 0 Å². The van der Waals surface area contributed by atoms with Crippen LogP contribution in [0.5, 0.6) is 0 Å². The summed E-state index contributed by atoms with van der Waals surface area (Å²) in [5.41, 5.74) is 8.03. The molecule has 2 aliphatic rings. The summed E-state index contributed by atoms with van der Waals surface area (Å²) >= 11 is 3.75. The summed E-state index contributed by atoms with van der Waals surface area (Å²) in [6.45, 7) is 0. The molecule has 0 saturated heterocycles. The lowest BCUT2D eigenvalue weighted by Crippen LogP contribution is -2.06. The van der Waals surface area contributed by atoms with Gasteiger partial charge in [0.25, 0.3) is 0 Å². The highest BCUT2D eigenvalue weighted by molar-refractivity contribution is 8.00. The van der Waals surface area contributed by atoms with E-state index in [1.54, 1.807) is 0 Å². The molecule has 0 bridgehead atoms. The molecule has 28 heavy (non-hydrogen) atoms. The zero-order chi connectivity index (χ0) is 18.5. The van der Waals surface area contributed by atoms with Gasteiger partial charge in [-0.2, -0.15) is 0 Å². The molecule has 0 aliphatic carbocycles. The molecular weight excluding hydrogens is 376 g/mol. The van der Waals surface area contributed by atoms with Crippen LogP contribution in [0.1, 0.15) is 22.3 Å². The molecule has 4 aromatic carbocycles. The second-order valence-corrected chi connectivity index (χ2v) is 9.11. The first-order chi connectivity index (χ1) is 13.9. The van der Waals surface area contributed by atoms with E-state index >= 15 is 0 Å². The molecule has 2 heterocycles. The van der Waals surface area contributed by atoms with Crippen molar-refractivity contribution < 1.29 is 0 Å². The summed E-state index contributed by atoms with van der Waals surface area (Å²) in [6.07, 6.45) is 0. The predicted molar refractivity (Wildman–Crippen MR) is 119 cm³/mol. The molecule has 0 aromatic heterocycles. The molecule has 0 fully saturated rings. The first-order valence-electron chi connectivity index (χ1n) is 9.38. The van der Waals surface area contributed by atoms with Crippen LogP contribution >= 0.6 is 23.5 Å². The lowest BCUT2D eigenvalue weighted by molar-refractivity contribution is 1.26. The number of hydrogen-bond acceptors (Lipinski definition) is 2.